The molecule has 2 amide bonds. The summed E-state index contributed by atoms with van der Waals surface area (Å²) in [4.78, 5) is 29.8. The van der Waals surface area contributed by atoms with Gasteiger partial charge < -0.3 is 15.0 Å². The lowest BCUT2D eigenvalue weighted by atomic mass is 10.2. The Morgan fingerprint density at radius 2 is 2.43 bits per heavy atom. The number of hydrogen-bond donors (Lipinski definition) is 1. The van der Waals surface area contributed by atoms with Crippen molar-refractivity contribution in [2.75, 3.05) is 25.0 Å². The highest BCUT2D eigenvalue weighted by molar-refractivity contribution is 7.13. The molecule has 0 radical (unpaired) electrons. The Labute approximate surface area is 128 Å². The predicted octanol–water partition coefficient (Wildman–Crippen LogP) is 1.89. The minimum absolute atomic E-state index is 0.00212. The number of thiazole rings is 1. The Kier molecular flexibility index (Phi) is 6.13. The number of hydrogen-bond acceptors (Lipinski definition) is 5. The van der Waals surface area contributed by atoms with Crippen LogP contribution < -0.4 is 5.32 Å². The molecule has 6 nitrogen and oxygen atoms in total. The molecular formula is C14H21N3O3S. The van der Waals surface area contributed by atoms with E-state index in [-0.39, 0.29) is 24.5 Å². The van der Waals surface area contributed by atoms with Crippen molar-refractivity contribution in [3.05, 3.63) is 11.6 Å². The molecule has 2 rings (SSSR count). The van der Waals surface area contributed by atoms with Crippen LogP contribution in [-0.2, 0) is 14.3 Å². The quantitative estimate of drug-likeness (QED) is 0.834. The zero-order valence-corrected chi connectivity index (χ0v) is 13.0. The fraction of sp³-hybridized carbons (Fsp3) is 0.643. The fourth-order valence-corrected chi connectivity index (χ4v) is 2.82. The van der Waals surface area contributed by atoms with Gasteiger partial charge in [-0.05, 0) is 19.3 Å². The third-order valence-electron chi connectivity index (χ3n) is 3.28. The molecule has 0 saturated carbocycles. The molecule has 1 saturated heterocycles. The first-order valence-electron chi connectivity index (χ1n) is 7.27. The van der Waals surface area contributed by atoms with E-state index < -0.39 is 0 Å². The number of ether oxygens (including phenoxy) is 1. The van der Waals surface area contributed by atoms with Gasteiger partial charge in [0.2, 0.25) is 11.8 Å². The van der Waals surface area contributed by atoms with E-state index in [0.29, 0.717) is 18.1 Å². The van der Waals surface area contributed by atoms with E-state index in [9.17, 15) is 9.59 Å². The molecule has 1 fully saturated rings. The van der Waals surface area contributed by atoms with Crippen LogP contribution in [0.2, 0.25) is 0 Å². The molecular weight excluding hydrogens is 290 g/mol. The van der Waals surface area contributed by atoms with E-state index in [1.54, 1.807) is 16.5 Å². The summed E-state index contributed by atoms with van der Waals surface area (Å²) in [6, 6.07) is 0. The maximum absolute atomic E-state index is 12.1. The van der Waals surface area contributed by atoms with Crippen LogP contribution in [0.5, 0.6) is 0 Å². The largest absolute Gasteiger partial charge is 0.376 e. The van der Waals surface area contributed by atoms with E-state index in [1.165, 1.54) is 11.3 Å². The summed E-state index contributed by atoms with van der Waals surface area (Å²) in [5, 5.41) is 5.06. The molecule has 0 aromatic carbocycles. The Bertz CT molecular complexity index is 458. The van der Waals surface area contributed by atoms with E-state index in [4.69, 9.17) is 4.74 Å². The van der Waals surface area contributed by atoms with Gasteiger partial charge in [-0.1, -0.05) is 6.92 Å². The van der Waals surface area contributed by atoms with Gasteiger partial charge in [0, 0.05) is 31.1 Å². The van der Waals surface area contributed by atoms with Gasteiger partial charge in [0.05, 0.1) is 6.10 Å². The van der Waals surface area contributed by atoms with Crippen LogP contribution in [0, 0.1) is 0 Å². The Morgan fingerprint density at radius 3 is 3.05 bits per heavy atom. The van der Waals surface area contributed by atoms with Crippen molar-refractivity contribution < 1.29 is 14.3 Å². The Morgan fingerprint density at radius 1 is 1.57 bits per heavy atom. The molecule has 0 aliphatic carbocycles. The standard InChI is InChI=1S/C14H21N3O3S/c1-2-4-13(19)17(9-11-5-3-7-20-11)10-12(18)16-14-15-6-8-21-14/h6,8,11H,2-5,7,9-10H2,1H3,(H,15,16,18). The first-order valence-corrected chi connectivity index (χ1v) is 8.15. The van der Waals surface area contributed by atoms with Crippen molar-refractivity contribution in [3.8, 4) is 0 Å². The summed E-state index contributed by atoms with van der Waals surface area (Å²) >= 11 is 1.36. The summed E-state index contributed by atoms with van der Waals surface area (Å²) in [7, 11) is 0. The molecule has 1 atom stereocenters. The van der Waals surface area contributed by atoms with Crippen LogP contribution in [0.3, 0.4) is 0 Å². The van der Waals surface area contributed by atoms with Crippen molar-refractivity contribution in [1.29, 1.82) is 0 Å². The first-order chi connectivity index (χ1) is 10.2. The number of nitrogens with one attached hydrogen (secondary N) is 1. The molecule has 7 heteroatoms. The van der Waals surface area contributed by atoms with Gasteiger partial charge in [0.15, 0.2) is 5.13 Å². The molecule has 1 aromatic rings. The van der Waals surface area contributed by atoms with E-state index in [2.05, 4.69) is 10.3 Å². The summed E-state index contributed by atoms with van der Waals surface area (Å²) in [5.41, 5.74) is 0. The zero-order valence-electron chi connectivity index (χ0n) is 12.2. The summed E-state index contributed by atoms with van der Waals surface area (Å²) in [6.45, 7) is 3.24. The summed E-state index contributed by atoms with van der Waals surface area (Å²) < 4.78 is 5.56. The van der Waals surface area contributed by atoms with E-state index in [0.717, 1.165) is 25.9 Å². The van der Waals surface area contributed by atoms with Crippen LogP contribution in [0.1, 0.15) is 32.6 Å². The highest BCUT2D eigenvalue weighted by atomic mass is 32.1. The van der Waals surface area contributed by atoms with Crippen molar-refractivity contribution in [1.82, 2.24) is 9.88 Å². The number of carbonyl (C=O) groups excluding carboxylic acids is 2. The lowest BCUT2D eigenvalue weighted by Gasteiger charge is -2.24. The van der Waals surface area contributed by atoms with Crippen molar-refractivity contribution in [3.63, 3.8) is 0 Å². The molecule has 1 aliphatic heterocycles. The number of rotatable bonds is 7. The lowest BCUT2D eigenvalue weighted by molar-refractivity contribution is -0.136. The molecule has 0 spiro atoms. The highest BCUT2D eigenvalue weighted by Gasteiger charge is 2.24. The molecule has 21 heavy (non-hydrogen) atoms. The number of anilines is 1. The summed E-state index contributed by atoms with van der Waals surface area (Å²) in [5.74, 6) is -0.213. The number of carbonyl (C=O) groups is 2. The van der Waals surface area contributed by atoms with Gasteiger partial charge >= 0.3 is 0 Å². The average Bonchev–Trinajstić information content (AvgIpc) is 3.11. The van der Waals surface area contributed by atoms with Crippen molar-refractivity contribution >= 4 is 28.3 Å². The fourth-order valence-electron chi connectivity index (χ4n) is 2.28. The van der Waals surface area contributed by atoms with Crippen LogP contribution in [0.25, 0.3) is 0 Å². The third-order valence-corrected chi connectivity index (χ3v) is 3.97. The molecule has 1 N–H and O–H groups in total. The molecule has 116 valence electrons. The Balaban J connectivity index is 1.90. The predicted molar refractivity (Wildman–Crippen MR) is 81.2 cm³/mol. The molecule has 1 unspecified atom stereocenters. The second-order valence-electron chi connectivity index (χ2n) is 5.04. The molecule has 0 bridgehead atoms. The Hall–Kier alpha value is -1.47. The van der Waals surface area contributed by atoms with Gasteiger partial charge in [0.25, 0.3) is 0 Å². The number of nitrogens with zero attached hydrogens (tertiary/aromatic N) is 2. The highest BCUT2D eigenvalue weighted by Crippen LogP contribution is 2.15. The van der Waals surface area contributed by atoms with Crippen LogP contribution in [0.4, 0.5) is 5.13 Å². The maximum Gasteiger partial charge on any atom is 0.245 e. The minimum atomic E-state index is -0.215. The lowest BCUT2D eigenvalue weighted by Crippen LogP contribution is -2.42. The second-order valence-corrected chi connectivity index (χ2v) is 5.94. The minimum Gasteiger partial charge on any atom is -0.376 e. The van der Waals surface area contributed by atoms with E-state index in [1.807, 2.05) is 6.92 Å². The zero-order chi connectivity index (χ0) is 15.1. The van der Waals surface area contributed by atoms with Gasteiger partial charge in [-0.15, -0.1) is 11.3 Å². The van der Waals surface area contributed by atoms with Gasteiger partial charge in [-0.25, -0.2) is 4.98 Å². The monoisotopic (exact) mass is 311 g/mol. The molecule has 2 heterocycles. The normalized spacial score (nSPS) is 17.7. The second kappa shape index (κ2) is 8.09. The smallest absolute Gasteiger partial charge is 0.245 e. The van der Waals surface area contributed by atoms with Crippen molar-refractivity contribution in [2.45, 2.75) is 38.7 Å². The topological polar surface area (TPSA) is 71.5 Å². The SMILES string of the molecule is CCCC(=O)N(CC(=O)Nc1nccs1)CC1CCCO1. The summed E-state index contributed by atoms with van der Waals surface area (Å²) in [6.07, 6.45) is 4.88. The third kappa shape index (κ3) is 5.09. The van der Waals surface area contributed by atoms with E-state index >= 15 is 0 Å². The van der Waals surface area contributed by atoms with Crippen LogP contribution >= 0.6 is 11.3 Å². The van der Waals surface area contributed by atoms with Crippen LogP contribution in [0.15, 0.2) is 11.6 Å². The molecule has 1 aromatic heterocycles. The maximum atomic E-state index is 12.1. The molecule has 1 aliphatic rings. The van der Waals surface area contributed by atoms with Gasteiger partial charge in [0.1, 0.15) is 6.54 Å². The van der Waals surface area contributed by atoms with Gasteiger partial charge in [-0.2, -0.15) is 0 Å². The first kappa shape index (κ1) is 15.9. The number of amides is 2. The van der Waals surface area contributed by atoms with Crippen molar-refractivity contribution in [2.24, 2.45) is 0 Å². The number of aromatic nitrogens is 1. The average molecular weight is 311 g/mol. The van der Waals surface area contributed by atoms with Gasteiger partial charge in [-0.3, -0.25) is 9.59 Å². The van der Waals surface area contributed by atoms with Crippen LogP contribution in [-0.4, -0.2) is 47.5 Å².